The first kappa shape index (κ1) is 15.9. The number of hydrogen-bond donors (Lipinski definition) is 1. The van der Waals surface area contributed by atoms with Gasteiger partial charge in [0.25, 0.3) is 0 Å². The minimum Gasteiger partial charge on any atom is -0.497 e. The van der Waals surface area contributed by atoms with Crippen molar-refractivity contribution in [3.05, 3.63) is 63.6 Å². The Morgan fingerprint density at radius 1 is 1.14 bits per heavy atom. The summed E-state index contributed by atoms with van der Waals surface area (Å²) in [5.74, 6) is -0.909. The summed E-state index contributed by atoms with van der Waals surface area (Å²) in [5, 5.41) is 3.19. The zero-order chi connectivity index (χ0) is 15.4. The molecule has 0 amide bonds. The first-order valence-corrected chi connectivity index (χ1v) is 7.29. The largest absolute Gasteiger partial charge is 0.497 e. The van der Waals surface area contributed by atoms with Crippen molar-refractivity contribution >= 4 is 15.9 Å². The molecule has 0 radical (unpaired) electrons. The van der Waals surface area contributed by atoms with Crippen LogP contribution in [-0.4, -0.2) is 14.2 Å². The Morgan fingerprint density at radius 3 is 2.52 bits per heavy atom. The lowest BCUT2D eigenvalue weighted by atomic mass is 9.98. The van der Waals surface area contributed by atoms with Gasteiger partial charge >= 0.3 is 0 Å². The first-order valence-electron chi connectivity index (χ1n) is 6.49. The van der Waals surface area contributed by atoms with Crippen LogP contribution in [0.25, 0.3) is 0 Å². The summed E-state index contributed by atoms with van der Waals surface area (Å²) >= 11 is 3.51. The molecule has 0 saturated carbocycles. The molecule has 2 rings (SSSR count). The van der Waals surface area contributed by atoms with Crippen molar-refractivity contribution in [2.75, 3.05) is 14.2 Å². The van der Waals surface area contributed by atoms with Crippen molar-refractivity contribution in [2.24, 2.45) is 0 Å². The zero-order valence-corrected chi connectivity index (χ0v) is 13.4. The summed E-state index contributed by atoms with van der Waals surface area (Å²) < 4.78 is 32.5. The van der Waals surface area contributed by atoms with E-state index in [1.54, 1.807) is 13.2 Å². The van der Waals surface area contributed by atoms with Gasteiger partial charge in [0, 0.05) is 10.5 Å². The van der Waals surface area contributed by atoms with Gasteiger partial charge in [-0.15, -0.1) is 0 Å². The highest BCUT2D eigenvalue weighted by atomic mass is 79.9. The van der Waals surface area contributed by atoms with E-state index in [1.165, 1.54) is 6.07 Å². The molecule has 0 bridgehead atoms. The van der Waals surface area contributed by atoms with Gasteiger partial charge in [0.1, 0.15) is 5.75 Å². The first-order chi connectivity index (χ1) is 10.0. The number of rotatable bonds is 5. The van der Waals surface area contributed by atoms with Crippen LogP contribution in [0.4, 0.5) is 8.78 Å². The molecule has 0 aliphatic heterocycles. The van der Waals surface area contributed by atoms with E-state index in [-0.39, 0.29) is 6.04 Å². The number of benzene rings is 2. The lowest BCUT2D eigenvalue weighted by molar-refractivity contribution is 0.413. The second-order valence-electron chi connectivity index (χ2n) is 4.68. The van der Waals surface area contributed by atoms with Crippen molar-refractivity contribution < 1.29 is 13.5 Å². The minimum absolute atomic E-state index is 0.0423. The van der Waals surface area contributed by atoms with Crippen LogP contribution in [0.2, 0.25) is 0 Å². The van der Waals surface area contributed by atoms with Gasteiger partial charge < -0.3 is 10.1 Å². The van der Waals surface area contributed by atoms with Crippen LogP contribution in [0.3, 0.4) is 0 Å². The fourth-order valence-electron chi connectivity index (χ4n) is 2.19. The molecule has 0 saturated heterocycles. The summed E-state index contributed by atoms with van der Waals surface area (Å²) in [4.78, 5) is 0. The summed E-state index contributed by atoms with van der Waals surface area (Å²) in [6, 6.07) is 9.62. The normalized spacial score (nSPS) is 12.2. The number of likely N-dealkylation sites (N-methyl/N-ethyl adjacent to an activating group) is 1. The van der Waals surface area contributed by atoms with E-state index in [0.717, 1.165) is 27.4 Å². The van der Waals surface area contributed by atoms with E-state index in [9.17, 15) is 8.78 Å². The molecule has 1 atom stereocenters. The Balaban J connectivity index is 2.29. The number of ether oxygens (including phenoxy) is 1. The molecule has 1 N–H and O–H groups in total. The van der Waals surface area contributed by atoms with Gasteiger partial charge in [0.15, 0.2) is 11.6 Å². The van der Waals surface area contributed by atoms with Gasteiger partial charge in [-0.05, 0) is 54.9 Å². The number of halogens is 3. The summed E-state index contributed by atoms with van der Waals surface area (Å²) in [6.07, 6.45) is 0.541. The molecule has 1 unspecified atom stereocenters. The minimum atomic E-state index is -0.831. The van der Waals surface area contributed by atoms with Crippen LogP contribution < -0.4 is 10.1 Å². The molecule has 2 aromatic rings. The Morgan fingerprint density at radius 2 is 1.90 bits per heavy atom. The smallest absolute Gasteiger partial charge is 0.159 e. The van der Waals surface area contributed by atoms with E-state index >= 15 is 0 Å². The SMILES string of the molecule is CNC(Cc1ccc(F)c(F)c1)c1cc(OC)ccc1Br. The highest BCUT2D eigenvalue weighted by molar-refractivity contribution is 9.10. The third-order valence-corrected chi connectivity index (χ3v) is 4.07. The van der Waals surface area contributed by atoms with E-state index in [2.05, 4.69) is 21.2 Å². The molecule has 0 spiro atoms. The summed E-state index contributed by atoms with van der Waals surface area (Å²) in [6.45, 7) is 0. The van der Waals surface area contributed by atoms with Crippen molar-refractivity contribution in [2.45, 2.75) is 12.5 Å². The predicted molar refractivity (Wildman–Crippen MR) is 82.6 cm³/mol. The molecule has 112 valence electrons. The number of methoxy groups -OCH3 is 1. The fraction of sp³-hybridized carbons (Fsp3) is 0.250. The maximum atomic E-state index is 13.3. The van der Waals surface area contributed by atoms with Crippen molar-refractivity contribution in [3.8, 4) is 5.75 Å². The van der Waals surface area contributed by atoms with Crippen LogP contribution in [0, 0.1) is 11.6 Å². The molecular formula is C16H16BrF2NO. The number of nitrogens with one attached hydrogen (secondary N) is 1. The van der Waals surface area contributed by atoms with Gasteiger partial charge in [-0.1, -0.05) is 22.0 Å². The van der Waals surface area contributed by atoms with Gasteiger partial charge in [-0.3, -0.25) is 0 Å². The highest BCUT2D eigenvalue weighted by Crippen LogP contribution is 2.29. The lowest BCUT2D eigenvalue weighted by Crippen LogP contribution is -2.19. The van der Waals surface area contributed by atoms with Crippen LogP contribution in [0.1, 0.15) is 17.2 Å². The topological polar surface area (TPSA) is 21.3 Å². The van der Waals surface area contributed by atoms with E-state index in [4.69, 9.17) is 4.74 Å². The second kappa shape index (κ2) is 7.00. The van der Waals surface area contributed by atoms with Crippen LogP contribution >= 0.6 is 15.9 Å². The Hall–Kier alpha value is -1.46. The third kappa shape index (κ3) is 3.80. The maximum absolute atomic E-state index is 13.3. The molecule has 5 heteroatoms. The average molecular weight is 356 g/mol. The molecule has 2 nitrogen and oxygen atoms in total. The van der Waals surface area contributed by atoms with E-state index in [1.807, 2.05) is 25.2 Å². The molecule has 0 aromatic heterocycles. The predicted octanol–water partition coefficient (Wildman–Crippen LogP) is 4.24. The molecule has 0 fully saturated rings. The fourth-order valence-corrected chi connectivity index (χ4v) is 2.71. The van der Waals surface area contributed by atoms with Crippen LogP contribution in [0.5, 0.6) is 5.75 Å². The molecule has 0 aliphatic carbocycles. The van der Waals surface area contributed by atoms with Gasteiger partial charge in [-0.25, -0.2) is 8.78 Å². The molecule has 0 aliphatic rings. The van der Waals surface area contributed by atoms with Crippen molar-refractivity contribution in [1.29, 1.82) is 0 Å². The summed E-state index contributed by atoms with van der Waals surface area (Å²) in [7, 11) is 3.44. The Labute approximate surface area is 131 Å². The van der Waals surface area contributed by atoms with Crippen LogP contribution in [-0.2, 0) is 6.42 Å². The van der Waals surface area contributed by atoms with Gasteiger partial charge in [0.05, 0.1) is 7.11 Å². The molecular weight excluding hydrogens is 340 g/mol. The third-order valence-electron chi connectivity index (χ3n) is 3.35. The standard InChI is InChI=1S/C16H16BrF2NO/c1-20-16(8-10-3-6-14(18)15(19)7-10)12-9-11(21-2)4-5-13(12)17/h3-7,9,16,20H,8H2,1-2H3. The van der Waals surface area contributed by atoms with Gasteiger partial charge in [-0.2, -0.15) is 0 Å². The van der Waals surface area contributed by atoms with E-state index in [0.29, 0.717) is 6.42 Å². The van der Waals surface area contributed by atoms with E-state index < -0.39 is 11.6 Å². The zero-order valence-electron chi connectivity index (χ0n) is 11.8. The monoisotopic (exact) mass is 355 g/mol. The molecule has 2 aromatic carbocycles. The molecule has 0 heterocycles. The van der Waals surface area contributed by atoms with Gasteiger partial charge in [0.2, 0.25) is 0 Å². The quantitative estimate of drug-likeness (QED) is 0.865. The maximum Gasteiger partial charge on any atom is 0.159 e. The van der Waals surface area contributed by atoms with Crippen LogP contribution in [0.15, 0.2) is 40.9 Å². The Bertz CT molecular complexity index is 634. The average Bonchev–Trinajstić information content (AvgIpc) is 2.49. The van der Waals surface area contributed by atoms with Crippen molar-refractivity contribution in [1.82, 2.24) is 5.32 Å². The summed E-state index contributed by atoms with van der Waals surface area (Å²) in [5.41, 5.74) is 1.73. The molecule has 21 heavy (non-hydrogen) atoms. The Kier molecular flexibility index (Phi) is 5.31. The highest BCUT2D eigenvalue weighted by Gasteiger charge is 2.15. The number of hydrogen-bond acceptors (Lipinski definition) is 2. The lowest BCUT2D eigenvalue weighted by Gasteiger charge is -2.19. The van der Waals surface area contributed by atoms with Crippen molar-refractivity contribution in [3.63, 3.8) is 0 Å². The second-order valence-corrected chi connectivity index (χ2v) is 5.54.